The summed E-state index contributed by atoms with van der Waals surface area (Å²) < 4.78 is 38.5. The van der Waals surface area contributed by atoms with Crippen molar-refractivity contribution >= 4 is 11.6 Å². The highest BCUT2D eigenvalue weighted by Gasteiger charge is 2.33. The highest BCUT2D eigenvalue weighted by molar-refractivity contribution is 5.93. The van der Waals surface area contributed by atoms with Gasteiger partial charge in [-0.3, -0.25) is 9.69 Å². The van der Waals surface area contributed by atoms with E-state index in [4.69, 9.17) is 0 Å². The molecule has 3 nitrogen and oxygen atoms in total. The van der Waals surface area contributed by atoms with Crippen molar-refractivity contribution < 1.29 is 18.0 Å². The lowest BCUT2D eigenvalue weighted by molar-refractivity contribution is -0.137. The van der Waals surface area contributed by atoms with E-state index in [1.165, 1.54) is 18.2 Å². The second-order valence-electron chi connectivity index (χ2n) is 5.55. The van der Waals surface area contributed by atoms with Crippen LogP contribution >= 0.6 is 0 Å². The molecule has 1 aromatic carbocycles. The van der Waals surface area contributed by atoms with Crippen LogP contribution in [-0.4, -0.2) is 30.4 Å². The van der Waals surface area contributed by atoms with Crippen LogP contribution in [0.15, 0.2) is 24.3 Å². The van der Waals surface area contributed by atoms with Crippen LogP contribution in [0.5, 0.6) is 0 Å². The molecule has 1 heterocycles. The standard InChI is InChI=1S/C15H19F3N2O/c1-11-6-8-20(9-7-11)10-14(21)19-13-5-3-2-4-12(13)15(16,17)18/h2-5,11H,6-10H2,1H3,(H,19,21). The van der Waals surface area contributed by atoms with Crippen molar-refractivity contribution in [2.45, 2.75) is 25.9 Å². The van der Waals surface area contributed by atoms with Crippen molar-refractivity contribution in [1.29, 1.82) is 0 Å². The van der Waals surface area contributed by atoms with E-state index in [9.17, 15) is 18.0 Å². The van der Waals surface area contributed by atoms with Gasteiger partial charge in [-0.1, -0.05) is 19.1 Å². The van der Waals surface area contributed by atoms with Gasteiger partial charge in [0.1, 0.15) is 0 Å². The Kier molecular flexibility index (Phi) is 4.88. The number of carbonyl (C=O) groups is 1. The van der Waals surface area contributed by atoms with Gasteiger partial charge in [-0.15, -0.1) is 0 Å². The number of nitrogens with one attached hydrogen (secondary N) is 1. The Morgan fingerprint density at radius 3 is 2.52 bits per heavy atom. The van der Waals surface area contributed by atoms with Gasteiger partial charge in [-0.2, -0.15) is 13.2 Å². The maximum atomic E-state index is 12.8. The van der Waals surface area contributed by atoms with Crippen molar-refractivity contribution in [3.63, 3.8) is 0 Å². The smallest absolute Gasteiger partial charge is 0.324 e. The number of benzene rings is 1. The Balaban J connectivity index is 1.97. The number of hydrogen-bond donors (Lipinski definition) is 1. The van der Waals surface area contributed by atoms with E-state index in [1.807, 2.05) is 4.90 Å². The van der Waals surface area contributed by atoms with E-state index >= 15 is 0 Å². The van der Waals surface area contributed by atoms with Crippen LogP contribution < -0.4 is 5.32 Å². The normalized spacial score (nSPS) is 17.7. The number of piperidine rings is 1. The average molecular weight is 300 g/mol. The van der Waals surface area contributed by atoms with E-state index in [0.29, 0.717) is 5.92 Å². The van der Waals surface area contributed by atoms with Gasteiger partial charge in [0.15, 0.2) is 0 Å². The molecular formula is C15H19F3N2O. The topological polar surface area (TPSA) is 32.3 Å². The van der Waals surface area contributed by atoms with Crippen molar-refractivity contribution in [3.8, 4) is 0 Å². The molecule has 2 rings (SSSR count). The van der Waals surface area contributed by atoms with Gasteiger partial charge in [-0.05, 0) is 44.0 Å². The van der Waals surface area contributed by atoms with E-state index < -0.39 is 17.6 Å². The molecule has 1 amide bonds. The van der Waals surface area contributed by atoms with Crippen molar-refractivity contribution in [2.75, 3.05) is 25.0 Å². The lowest BCUT2D eigenvalue weighted by atomic mass is 9.99. The first-order valence-electron chi connectivity index (χ1n) is 7.04. The van der Waals surface area contributed by atoms with Crippen LogP contribution in [0.25, 0.3) is 0 Å². The molecule has 1 aromatic rings. The summed E-state index contributed by atoms with van der Waals surface area (Å²) in [6, 6.07) is 5.04. The zero-order valence-corrected chi connectivity index (χ0v) is 11.9. The predicted molar refractivity (Wildman–Crippen MR) is 74.9 cm³/mol. The number of carbonyl (C=O) groups excluding carboxylic acids is 1. The zero-order valence-electron chi connectivity index (χ0n) is 11.9. The predicted octanol–water partition coefficient (Wildman–Crippen LogP) is 3.38. The highest BCUT2D eigenvalue weighted by atomic mass is 19.4. The summed E-state index contributed by atoms with van der Waals surface area (Å²) >= 11 is 0. The first-order valence-corrected chi connectivity index (χ1v) is 7.04. The maximum absolute atomic E-state index is 12.8. The van der Waals surface area contributed by atoms with Gasteiger partial charge in [0.25, 0.3) is 0 Å². The third kappa shape index (κ3) is 4.46. The second kappa shape index (κ2) is 6.47. The molecule has 1 aliphatic rings. The van der Waals surface area contributed by atoms with Crippen LogP contribution in [0.1, 0.15) is 25.3 Å². The molecule has 1 saturated heterocycles. The molecule has 21 heavy (non-hydrogen) atoms. The monoisotopic (exact) mass is 300 g/mol. The summed E-state index contributed by atoms with van der Waals surface area (Å²) in [7, 11) is 0. The Bertz CT molecular complexity index is 494. The number of anilines is 1. The Labute approximate surface area is 122 Å². The second-order valence-corrected chi connectivity index (χ2v) is 5.55. The number of amides is 1. The summed E-state index contributed by atoms with van der Waals surface area (Å²) in [5.74, 6) is 0.247. The molecule has 0 saturated carbocycles. The highest BCUT2D eigenvalue weighted by Crippen LogP contribution is 2.34. The number of rotatable bonds is 3. The SMILES string of the molecule is CC1CCN(CC(=O)Nc2ccccc2C(F)(F)F)CC1. The number of para-hydroxylation sites is 1. The lowest BCUT2D eigenvalue weighted by Crippen LogP contribution is -2.38. The molecule has 0 aromatic heterocycles. The number of likely N-dealkylation sites (tertiary alicyclic amines) is 1. The van der Waals surface area contributed by atoms with Crippen LogP contribution in [0.3, 0.4) is 0 Å². The Morgan fingerprint density at radius 2 is 1.90 bits per heavy atom. The van der Waals surface area contributed by atoms with E-state index in [1.54, 1.807) is 0 Å². The van der Waals surface area contributed by atoms with Gasteiger partial charge in [0.2, 0.25) is 5.91 Å². The molecule has 0 aliphatic carbocycles. The van der Waals surface area contributed by atoms with Crippen LogP contribution in [0.4, 0.5) is 18.9 Å². The lowest BCUT2D eigenvalue weighted by Gasteiger charge is -2.29. The quantitative estimate of drug-likeness (QED) is 0.928. The van der Waals surface area contributed by atoms with Gasteiger partial charge >= 0.3 is 6.18 Å². The largest absolute Gasteiger partial charge is 0.418 e. The van der Waals surface area contributed by atoms with Crippen LogP contribution in [-0.2, 0) is 11.0 Å². The first-order chi connectivity index (χ1) is 9.86. The first kappa shape index (κ1) is 15.8. The van der Waals surface area contributed by atoms with Gasteiger partial charge < -0.3 is 5.32 Å². The number of alkyl halides is 3. The van der Waals surface area contributed by atoms with Crippen molar-refractivity contribution in [2.24, 2.45) is 5.92 Å². The summed E-state index contributed by atoms with van der Waals surface area (Å²) in [5, 5.41) is 2.37. The Hall–Kier alpha value is -1.56. The third-order valence-corrected chi connectivity index (χ3v) is 3.75. The van der Waals surface area contributed by atoms with Gasteiger partial charge in [-0.25, -0.2) is 0 Å². The fourth-order valence-electron chi connectivity index (χ4n) is 2.45. The number of nitrogens with zero attached hydrogens (tertiary/aromatic N) is 1. The molecule has 6 heteroatoms. The van der Waals surface area contributed by atoms with E-state index in [0.717, 1.165) is 32.0 Å². The molecule has 116 valence electrons. The minimum Gasteiger partial charge on any atom is -0.324 e. The molecule has 1 aliphatic heterocycles. The molecule has 1 N–H and O–H groups in total. The summed E-state index contributed by atoms with van der Waals surface area (Å²) in [5.41, 5.74) is -0.994. The fraction of sp³-hybridized carbons (Fsp3) is 0.533. The Morgan fingerprint density at radius 1 is 1.29 bits per heavy atom. The zero-order chi connectivity index (χ0) is 15.5. The van der Waals surface area contributed by atoms with Gasteiger partial charge in [0.05, 0.1) is 17.8 Å². The van der Waals surface area contributed by atoms with Crippen molar-refractivity contribution in [3.05, 3.63) is 29.8 Å². The van der Waals surface area contributed by atoms with Crippen molar-refractivity contribution in [1.82, 2.24) is 4.90 Å². The summed E-state index contributed by atoms with van der Waals surface area (Å²) in [4.78, 5) is 13.9. The summed E-state index contributed by atoms with van der Waals surface area (Å²) in [6.07, 6.45) is -2.43. The molecule has 0 atom stereocenters. The fourth-order valence-corrected chi connectivity index (χ4v) is 2.45. The van der Waals surface area contributed by atoms with Gasteiger partial charge in [0, 0.05) is 0 Å². The number of hydrogen-bond acceptors (Lipinski definition) is 2. The minimum absolute atomic E-state index is 0.138. The molecule has 0 radical (unpaired) electrons. The molecule has 0 unspecified atom stereocenters. The van der Waals surface area contributed by atoms with Crippen LogP contribution in [0, 0.1) is 5.92 Å². The average Bonchev–Trinajstić information content (AvgIpc) is 2.41. The molecule has 0 bridgehead atoms. The molecule has 0 spiro atoms. The third-order valence-electron chi connectivity index (χ3n) is 3.75. The number of halogens is 3. The van der Waals surface area contributed by atoms with Crippen LogP contribution in [0.2, 0.25) is 0 Å². The molecule has 1 fully saturated rings. The molecular weight excluding hydrogens is 281 g/mol. The maximum Gasteiger partial charge on any atom is 0.418 e. The minimum atomic E-state index is -4.47. The van der Waals surface area contributed by atoms with E-state index in [2.05, 4.69) is 12.2 Å². The van der Waals surface area contributed by atoms with E-state index in [-0.39, 0.29) is 12.2 Å². The summed E-state index contributed by atoms with van der Waals surface area (Å²) in [6.45, 7) is 3.93.